The maximum absolute atomic E-state index is 2.53. The second-order valence-electron chi connectivity index (χ2n) is 16.6. The maximum atomic E-state index is 2.53. The Kier molecular flexibility index (Phi) is 10.2. The fraction of sp³-hybridized carbons (Fsp3) is 0.362. The molecule has 0 bridgehead atoms. The van der Waals surface area contributed by atoms with Gasteiger partial charge in [-0.15, -0.1) is 0 Å². The molecule has 5 aromatic rings. The molecule has 0 saturated heterocycles. The van der Waals surface area contributed by atoms with Crippen molar-refractivity contribution in [3.05, 3.63) is 140 Å². The van der Waals surface area contributed by atoms with Crippen molar-refractivity contribution >= 4 is 44.8 Å². The normalized spacial score (nSPS) is 12.2. The molecular weight excluding hydrogens is 653 g/mol. The zero-order valence-corrected chi connectivity index (χ0v) is 34.8. The monoisotopic (exact) mass is 711 g/mol. The average Bonchev–Trinajstić information content (AvgIpc) is 2.97. The van der Waals surface area contributed by atoms with Crippen LogP contribution < -0.4 is 18.0 Å². The fourth-order valence-electron chi connectivity index (χ4n) is 7.87. The first-order chi connectivity index (χ1) is 22.8. The molecule has 5 rings (SSSR count). The molecule has 0 N–H and O–H groups in total. The Morgan fingerprint density at radius 3 is 1.06 bits per heavy atom. The SMILES string of the molecule is Cc1cc(C)c([As](c2c(C)cc(C)cc2C)c2c(C)cc(C)c(N(c3ccc(C(C)(C)C)cc3)c3ccc(C(C)(C)C)cc3)c2C)c(C)c1. The Morgan fingerprint density at radius 1 is 0.408 bits per heavy atom. The van der Waals surface area contributed by atoms with Crippen LogP contribution in [-0.4, -0.2) is 14.7 Å². The summed E-state index contributed by atoms with van der Waals surface area (Å²) >= 11 is -2.06. The van der Waals surface area contributed by atoms with E-state index in [1.807, 2.05) is 0 Å². The number of hydrogen-bond donors (Lipinski definition) is 0. The van der Waals surface area contributed by atoms with E-state index in [4.69, 9.17) is 0 Å². The van der Waals surface area contributed by atoms with Gasteiger partial charge in [0.2, 0.25) is 0 Å². The number of hydrogen-bond acceptors (Lipinski definition) is 1. The van der Waals surface area contributed by atoms with Crippen LogP contribution in [0.3, 0.4) is 0 Å². The molecule has 0 heterocycles. The summed E-state index contributed by atoms with van der Waals surface area (Å²) in [5, 5.41) is 0. The third-order valence-electron chi connectivity index (χ3n) is 10.0. The van der Waals surface area contributed by atoms with E-state index in [0.717, 1.165) is 0 Å². The van der Waals surface area contributed by atoms with Crippen LogP contribution >= 0.6 is 0 Å². The van der Waals surface area contributed by atoms with Gasteiger partial charge in [0.15, 0.2) is 0 Å². The van der Waals surface area contributed by atoms with Crippen molar-refractivity contribution in [2.45, 2.75) is 115 Å². The van der Waals surface area contributed by atoms with Crippen LogP contribution in [0.25, 0.3) is 0 Å². The summed E-state index contributed by atoms with van der Waals surface area (Å²) in [6.45, 7) is 34.7. The van der Waals surface area contributed by atoms with Crippen LogP contribution in [0.4, 0.5) is 17.1 Å². The molecule has 0 radical (unpaired) electrons. The first-order valence-corrected chi connectivity index (χ1v) is 20.7. The predicted molar refractivity (Wildman–Crippen MR) is 219 cm³/mol. The van der Waals surface area contributed by atoms with Gasteiger partial charge >= 0.3 is 304 Å². The summed E-state index contributed by atoms with van der Waals surface area (Å²) in [7, 11) is 0. The molecule has 5 aromatic carbocycles. The van der Waals surface area contributed by atoms with Gasteiger partial charge in [-0.25, -0.2) is 0 Å². The van der Waals surface area contributed by atoms with E-state index in [1.165, 1.54) is 78.3 Å². The zero-order valence-electron chi connectivity index (χ0n) is 32.9. The van der Waals surface area contributed by atoms with Crippen LogP contribution in [0.5, 0.6) is 0 Å². The Labute approximate surface area is 303 Å². The fourth-order valence-corrected chi connectivity index (χ4v) is 14.6. The molecule has 0 fully saturated rings. The van der Waals surface area contributed by atoms with Crippen LogP contribution in [-0.2, 0) is 10.8 Å². The van der Waals surface area contributed by atoms with E-state index >= 15 is 0 Å². The molecule has 256 valence electrons. The van der Waals surface area contributed by atoms with Gasteiger partial charge in [0.25, 0.3) is 0 Å². The molecule has 0 aromatic heterocycles. The van der Waals surface area contributed by atoms with Crippen LogP contribution in [0.1, 0.15) is 103 Å². The third-order valence-corrected chi connectivity index (χ3v) is 17.3. The topological polar surface area (TPSA) is 3.24 Å². The van der Waals surface area contributed by atoms with Crippen molar-refractivity contribution in [1.82, 2.24) is 0 Å². The van der Waals surface area contributed by atoms with Gasteiger partial charge in [-0.3, -0.25) is 0 Å². The summed E-state index contributed by atoms with van der Waals surface area (Å²) in [6, 6.07) is 30.7. The van der Waals surface area contributed by atoms with E-state index in [9.17, 15) is 0 Å². The quantitative estimate of drug-likeness (QED) is 0.159. The van der Waals surface area contributed by atoms with Gasteiger partial charge in [-0.05, 0) is 0 Å². The molecule has 0 aliphatic rings. The number of anilines is 3. The molecule has 0 amide bonds. The molecule has 0 saturated carbocycles. The first kappa shape index (κ1) is 36.7. The van der Waals surface area contributed by atoms with Crippen molar-refractivity contribution in [3.63, 3.8) is 0 Å². The standard InChI is InChI=1S/C47H58AsN/c1-29-24-31(3)42(32(4)25-29)48(43-33(5)26-30(2)27-34(43)6)44-35(7)28-36(8)45(37(44)9)49(40-20-16-38(17-21-40)46(10,11)12)41-22-18-39(19-23-41)47(13,14)15/h16-28H,1-15H3. The summed E-state index contributed by atoms with van der Waals surface area (Å²) in [5.41, 5.74) is 19.0. The summed E-state index contributed by atoms with van der Waals surface area (Å²) < 4.78 is 4.70. The Balaban J connectivity index is 1.87. The van der Waals surface area contributed by atoms with Crippen LogP contribution in [0.2, 0.25) is 0 Å². The molecule has 49 heavy (non-hydrogen) atoms. The van der Waals surface area contributed by atoms with E-state index in [-0.39, 0.29) is 10.8 Å². The molecule has 1 nitrogen and oxygen atoms in total. The van der Waals surface area contributed by atoms with E-state index in [0.29, 0.717) is 0 Å². The minimum absolute atomic E-state index is 0.0905. The Bertz CT molecular complexity index is 1840. The molecule has 0 aliphatic heterocycles. The van der Waals surface area contributed by atoms with Gasteiger partial charge in [-0.1, -0.05) is 0 Å². The van der Waals surface area contributed by atoms with E-state index < -0.39 is 14.7 Å². The second-order valence-corrected chi connectivity index (χ2v) is 20.8. The molecule has 0 unspecified atom stereocenters. The third kappa shape index (κ3) is 7.35. The molecule has 0 aliphatic carbocycles. The zero-order chi connectivity index (χ0) is 36.2. The van der Waals surface area contributed by atoms with Crippen molar-refractivity contribution in [2.24, 2.45) is 0 Å². The number of rotatable bonds is 6. The van der Waals surface area contributed by atoms with Crippen LogP contribution in [0.15, 0.2) is 78.9 Å². The van der Waals surface area contributed by atoms with Gasteiger partial charge in [-0.2, -0.15) is 0 Å². The van der Waals surface area contributed by atoms with E-state index in [1.54, 1.807) is 13.1 Å². The van der Waals surface area contributed by atoms with Crippen LogP contribution in [0, 0.1) is 62.3 Å². The van der Waals surface area contributed by atoms with Crippen molar-refractivity contribution in [3.8, 4) is 0 Å². The summed E-state index contributed by atoms with van der Waals surface area (Å²) in [4.78, 5) is 2.53. The first-order valence-electron chi connectivity index (χ1n) is 17.9. The summed E-state index contributed by atoms with van der Waals surface area (Å²) in [5.74, 6) is 0. The molecule has 0 spiro atoms. The Morgan fingerprint density at radius 2 is 0.735 bits per heavy atom. The summed E-state index contributed by atoms with van der Waals surface area (Å²) in [6.07, 6.45) is 0. The van der Waals surface area contributed by atoms with Gasteiger partial charge in [0.1, 0.15) is 0 Å². The van der Waals surface area contributed by atoms with Crippen molar-refractivity contribution in [1.29, 1.82) is 0 Å². The molecule has 2 heteroatoms. The van der Waals surface area contributed by atoms with Crippen molar-refractivity contribution in [2.75, 3.05) is 4.90 Å². The van der Waals surface area contributed by atoms with Crippen molar-refractivity contribution < 1.29 is 0 Å². The average molecular weight is 712 g/mol. The Hall–Kier alpha value is -3.54. The molecular formula is C47H58AsN. The van der Waals surface area contributed by atoms with Gasteiger partial charge in [0.05, 0.1) is 0 Å². The predicted octanol–water partition coefficient (Wildman–Crippen LogP) is 11.0. The molecule has 0 atom stereocenters. The van der Waals surface area contributed by atoms with Gasteiger partial charge in [0, 0.05) is 0 Å². The number of benzene rings is 5. The number of aryl methyl sites for hydroxylation is 8. The minimum atomic E-state index is -2.06. The second kappa shape index (κ2) is 13.6. The number of nitrogens with zero attached hydrogens (tertiary/aromatic N) is 1. The van der Waals surface area contributed by atoms with Gasteiger partial charge < -0.3 is 0 Å². The van der Waals surface area contributed by atoms with E-state index in [2.05, 4.69) is 188 Å².